The van der Waals surface area contributed by atoms with Crippen molar-refractivity contribution in [1.29, 1.82) is 0 Å². The number of carbonyl (C=O) groups excluding carboxylic acids is 4. The summed E-state index contributed by atoms with van der Waals surface area (Å²) in [6.45, 7) is 7.76. The predicted octanol–water partition coefficient (Wildman–Crippen LogP) is 7.09. The van der Waals surface area contributed by atoms with E-state index in [0.717, 1.165) is 79.9 Å². The molecular weight excluding hydrogens is 739 g/mol. The lowest BCUT2D eigenvalue weighted by Crippen LogP contribution is -2.56. The molecule has 10 heteroatoms. The monoisotopic (exact) mass is 789 g/mol. The zero-order valence-electron chi connectivity index (χ0n) is 33.4. The Hall–Kier alpha value is -5.74. The number of nitrogens with zero attached hydrogens (tertiary/aromatic N) is 3. The molecule has 2 aliphatic carbocycles. The summed E-state index contributed by atoms with van der Waals surface area (Å²) in [6, 6.07) is 28.8. The van der Waals surface area contributed by atoms with E-state index in [9.17, 15) is 24.3 Å². The number of anilines is 1. The Labute approximate surface area is 345 Å². The summed E-state index contributed by atoms with van der Waals surface area (Å²) < 4.78 is 0. The fraction of sp³-hybridized carbons (Fsp3) is 0.388. The highest BCUT2D eigenvalue weighted by molar-refractivity contribution is 6.23. The first kappa shape index (κ1) is 37.5. The van der Waals surface area contributed by atoms with Gasteiger partial charge in [0.15, 0.2) is 0 Å². The summed E-state index contributed by atoms with van der Waals surface area (Å²) in [6.07, 6.45) is 6.74. The van der Waals surface area contributed by atoms with Crippen molar-refractivity contribution in [3.8, 4) is 5.75 Å². The second-order valence-electron chi connectivity index (χ2n) is 17.8. The van der Waals surface area contributed by atoms with E-state index in [-0.39, 0.29) is 23.7 Å². The van der Waals surface area contributed by atoms with Crippen LogP contribution in [0, 0.1) is 11.8 Å². The third kappa shape index (κ3) is 7.01. The average Bonchev–Trinajstić information content (AvgIpc) is 3.76. The minimum atomic E-state index is -0.836. The molecular formula is C49H51N5O5. The van der Waals surface area contributed by atoms with Crippen LogP contribution in [0.25, 0.3) is 0 Å². The topological polar surface area (TPSA) is 122 Å². The molecule has 0 bridgehead atoms. The van der Waals surface area contributed by atoms with Crippen LogP contribution < -0.4 is 10.6 Å². The van der Waals surface area contributed by atoms with Crippen LogP contribution in [0.1, 0.15) is 111 Å². The SMILES string of the molecule is C=C1CCC(N2C(=O)c3cc4c(cc3C2=O)CN(C(=O)C2CCC(CN3CC(Nc5ccc([C@@H]6c7ccc(O)cc7CC[C@@H]6c6ccccc6)cc5)C3)CC2)C4)C(=O)N1. The number of phenols is 1. The molecule has 6 aliphatic rings. The first-order valence-corrected chi connectivity index (χ1v) is 21.4. The van der Waals surface area contributed by atoms with Gasteiger partial charge in [0.1, 0.15) is 11.8 Å². The van der Waals surface area contributed by atoms with Gasteiger partial charge in [0.25, 0.3) is 11.8 Å². The normalized spacial score (nSPS) is 25.6. The lowest BCUT2D eigenvalue weighted by molar-refractivity contribution is -0.137. The van der Waals surface area contributed by atoms with Gasteiger partial charge in [-0.3, -0.25) is 29.0 Å². The van der Waals surface area contributed by atoms with Crippen molar-refractivity contribution in [2.24, 2.45) is 11.8 Å². The number of piperidine rings is 1. The Balaban J connectivity index is 0.695. The molecule has 4 heterocycles. The maximum Gasteiger partial charge on any atom is 0.262 e. The van der Waals surface area contributed by atoms with E-state index < -0.39 is 17.9 Å². The highest BCUT2D eigenvalue weighted by Gasteiger charge is 2.45. The zero-order chi connectivity index (χ0) is 40.4. The standard InChI is InChI=1S/C49H51N5O5/c1-29-7-20-44(46(56)50-29)54-48(58)42-22-35-25-53(26-36(35)23-43(42)49(54)59)47(57)33-10-8-30(9-11-33)24-52-27-38(28-52)51-37-15-12-32(13-16-37)45-40(31-5-3-2-4-6-31)18-14-34-21-39(55)17-19-41(34)45/h2-6,12-13,15-17,19,21-23,30,33,38,40,44-45,51,55H,1,7-11,14,18,20,24-28H2,(H,50,56)/t30?,33?,40-,44?,45+/m1/s1. The van der Waals surface area contributed by atoms with Gasteiger partial charge in [0, 0.05) is 55.9 Å². The summed E-state index contributed by atoms with van der Waals surface area (Å²) in [5.41, 5.74) is 9.41. The highest BCUT2D eigenvalue weighted by Crippen LogP contribution is 2.47. The summed E-state index contributed by atoms with van der Waals surface area (Å²) in [7, 11) is 0. The highest BCUT2D eigenvalue weighted by atomic mass is 16.3. The number of rotatable bonds is 8. The van der Waals surface area contributed by atoms with E-state index in [4.69, 9.17) is 0 Å². The molecule has 4 amide bonds. The number of nitrogens with one attached hydrogen (secondary N) is 2. The van der Waals surface area contributed by atoms with Gasteiger partial charge in [-0.25, -0.2) is 0 Å². The van der Waals surface area contributed by atoms with Crippen molar-refractivity contribution in [3.05, 3.63) is 142 Å². The van der Waals surface area contributed by atoms with E-state index in [1.807, 2.05) is 17.0 Å². The van der Waals surface area contributed by atoms with Gasteiger partial charge in [0.05, 0.1) is 17.2 Å². The smallest absolute Gasteiger partial charge is 0.262 e. The van der Waals surface area contributed by atoms with Crippen LogP contribution in [0.15, 0.2) is 97.2 Å². The third-order valence-electron chi connectivity index (χ3n) is 14.0. The van der Waals surface area contributed by atoms with Crippen LogP contribution in [-0.4, -0.2) is 75.2 Å². The molecule has 4 aromatic carbocycles. The molecule has 4 aromatic rings. The number of fused-ring (bicyclic) bond motifs is 3. The second-order valence-corrected chi connectivity index (χ2v) is 17.8. The summed E-state index contributed by atoms with van der Waals surface area (Å²) in [5.74, 6) is 0.446. The molecule has 1 saturated carbocycles. The van der Waals surface area contributed by atoms with Crippen LogP contribution in [0.2, 0.25) is 0 Å². The van der Waals surface area contributed by atoms with E-state index in [0.29, 0.717) is 66.4 Å². The van der Waals surface area contributed by atoms with Crippen molar-refractivity contribution >= 4 is 29.3 Å². The van der Waals surface area contributed by atoms with Gasteiger partial charge >= 0.3 is 0 Å². The number of aryl methyl sites for hydroxylation is 1. The number of carbonyl (C=O) groups is 4. The van der Waals surface area contributed by atoms with Crippen molar-refractivity contribution < 1.29 is 24.3 Å². The van der Waals surface area contributed by atoms with Gasteiger partial charge in [-0.05, 0) is 133 Å². The van der Waals surface area contributed by atoms with E-state index in [2.05, 4.69) is 82.8 Å². The fourth-order valence-corrected chi connectivity index (χ4v) is 10.9. The van der Waals surface area contributed by atoms with Gasteiger partial charge in [-0.15, -0.1) is 0 Å². The maximum atomic E-state index is 13.7. The molecule has 10 rings (SSSR count). The molecule has 1 unspecified atom stereocenters. The van der Waals surface area contributed by atoms with Crippen molar-refractivity contribution in [1.82, 2.24) is 20.0 Å². The number of hydrogen-bond donors (Lipinski definition) is 3. The molecule has 2 saturated heterocycles. The predicted molar refractivity (Wildman–Crippen MR) is 225 cm³/mol. The maximum absolute atomic E-state index is 13.7. The lowest BCUT2D eigenvalue weighted by Gasteiger charge is -2.43. The Bertz CT molecular complexity index is 2300. The van der Waals surface area contributed by atoms with E-state index >= 15 is 0 Å². The zero-order valence-corrected chi connectivity index (χ0v) is 33.4. The van der Waals surface area contributed by atoms with Gasteiger partial charge in [-0.2, -0.15) is 0 Å². The molecule has 302 valence electrons. The Morgan fingerprint density at radius 1 is 0.763 bits per heavy atom. The van der Waals surface area contributed by atoms with Gasteiger partial charge in [0.2, 0.25) is 11.8 Å². The van der Waals surface area contributed by atoms with Gasteiger partial charge in [-0.1, -0.05) is 55.1 Å². The van der Waals surface area contributed by atoms with Crippen LogP contribution in [0.4, 0.5) is 5.69 Å². The molecule has 0 spiro atoms. The lowest BCUT2D eigenvalue weighted by atomic mass is 9.69. The number of phenolic OH excluding ortho intramolecular Hbond substituents is 1. The molecule has 3 atom stereocenters. The second kappa shape index (κ2) is 15.1. The summed E-state index contributed by atoms with van der Waals surface area (Å²) in [4.78, 5) is 58.7. The van der Waals surface area contributed by atoms with E-state index in [1.54, 1.807) is 12.1 Å². The third-order valence-corrected chi connectivity index (χ3v) is 14.0. The van der Waals surface area contributed by atoms with Crippen LogP contribution in [0.5, 0.6) is 5.75 Å². The van der Waals surface area contributed by atoms with Crippen molar-refractivity contribution in [2.75, 3.05) is 25.0 Å². The molecule has 4 aliphatic heterocycles. The Kier molecular flexibility index (Phi) is 9.62. The number of likely N-dealkylation sites (tertiary alicyclic amines) is 1. The molecule has 0 radical (unpaired) electrons. The van der Waals surface area contributed by atoms with Crippen LogP contribution in [0.3, 0.4) is 0 Å². The Morgan fingerprint density at radius 3 is 2.14 bits per heavy atom. The fourth-order valence-electron chi connectivity index (χ4n) is 10.9. The first-order chi connectivity index (χ1) is 28.7. The number of imide groups is 1. The van der Waals surface area contributed by atoms with Gasteiger partial charge < -0.3 is 20.6 Å². The van der Waals surface area contributed by atoms with E-state index in [1.165, 1.54) is 22.3 Å². The molecule has 10 nitrogen and oxygen atoms in total. The number of benzene rings is 4. The molecule has 59 heavy (non-hydrogen) atoms. The minimum Gasteiger partial charge on any atom is -0.508 e. The largest absolute Gasteiger partial charge is 0.508 e. The van der Waals surface area contributed by atoms with Crippen LogP contribution >= 0.6 is 0 Å². The number of hydrogen-bond acceptors (Lipinski definition) is 7. The Morgan fingerprint density at radius 2 is 1.46 bits per heavy atom. The number of amides is 4. The average molecular weight is 790 g/mol. The number of allylic oxidation sites excluding steroid dienone is 1. The molecule has 3 fully saturated rings. The summed E-state index contributed by atoms with van der Waals surface area (Å²) >= 11 is 0. The van der Waals surface area contributed by atoms with Crippen molar-refractivity contribution in [2.45, 2.75) is 88.4 Å². The molecule has 3 N–H and O–H groups in total. The summed E-state index contributed by atoms with van der Waals surface area (Å²) in [5, 5.41) is 16.6. The molecule has 0 aromatic heterocycles. The quantitative estimate of drug-likeness (QED) is 0.163. The van der Waals surface area contributed by atoms with Crippen molar-refractivity contribution in [3.63, 3.8) is 0 Å². The van der Waals surface area contributed by atoms with Crippen LogP contribution in [-0.2, 0) is 29.1 Å². The number of aromatic hydroxyl groups is 1. The first-order valence-electron chi connectivity index (χ1n) is 21.4. The minimum absolute atomic E-state index is 0.00304.